The quantitative estimate of drug-likeness (QED) is 0.774. The number of benzene rings is 1. The second-order valence-corrected chi connectivity index (χ2v) is 3.56. The predicted octanol–water partition coefficient (Wildman–Crippen LogP) is 0.233. The standard InChI is InChI=1S/C9H9BrO3/c10-7(9(12)13)8(11)6-4-2-1-3-5-6/h1-5,7-8,11H,(H,12,13)/p-1. The predicted molar refractivity (Wildman–Crippen MR) is 49.1 cm³/mol. The average molecular weight is 244 g/mol. The van der Waals surface area contributed by atoms with Crippen LogP contribution in [-0.2, 0) is 4.79 Å². The number of rotatable bonds is 3. The Balaban J connectivity index is 2.79. The van der Waals surface area contributed by atoms with Gasteiger partial charge in [-0.05, 0) is 5.56 Å². The van der Waals surface area contributed by atoms with Gasteiger partial charge in [-0.15, -0.1) is 0 Å². The van der Waals surface area contributed by atoms with Gasteiger partial charge < -0.3 is 15.0 Å². The van der Waals surface area contributed by atoms with Crippen LogP contribution in [0.2, 0.25) is 0 Å². The molecule has 1 rings (SSSR count). The van der Waals surface area contributed by atoms with Crippen molar-refractivity contribution in [3.8, 4) is 0 Å². The lowest BCUT2D eigenvalue weighted by atomic mass is 10.1. The summed E-state index contributed by atoms with van der Waals surface area (Å²) in [6, 6.07) is 8.56. The molecular weight excluding hydrogens is 236 g/mol. The molecule has 0 fully saturated rings. The number of hydrogen-bond acceptors (Lipinski definition) is 3. The van der Waals surface area contributed by atoms with E-state index in [4.69, 9.17) is 0 Å². The molecule has 0 saturated carbocycles. The van der Waals surface area contributed by atoms with Crippen LogP contribution in [0.15, 0.2) is 30.3 Å². The molecule has 2 atom stereocenters. The van der Waals surface area contributed by atoms with Gasteiger partial charge in [0.1, 0.15) is 0 Å². The van der Waals surface area contributed by atoms with Crippen LogP contribution in [0.4, 0.5) is 0 Å². The molecule has 2 unspecified atom stereocenters. The third-order valence-electron chi connectivity index (χ3n) is 1.64. The summed E-state index contributed by atoms with van der Waals surface area (Å²) in [7, 11) is 0. The van der Waals surface area contributed by atoms with Crippen molar-refractivity contribution in [1.82, 2.24) is 0 Å². The van der Waals surface area contributed by atoms with Gasteiger partial charge in [-0.2, -0.15) is 0 Å². The Bertz CT molecular complexity index is 286. The second kappa shape index (κ2) is 4.39. The van der Waals surface area contributed by atoms with Crippen molar-refractivity contribution >= 4 is 21.9 Å². The smallest absolute Gasteiger partial charge is 0.0967 e. The molecule has 0 bridgehead atoms. The third kappa shape index (κ3) is 2.54. The summed E-state index contributed by atoms with van der Waals surface area (Å²) in [5.74, 6) is -1.32. The Morgan fingerprint density at radius 1 is 1.38 bits per heavy atom. The van der Waals surface area contributed by atoms with Crippen molar-refractivity contribution in [2.24, 2.45) is 0 Å². The van der Waals surface area contributed by atoms with Crippen molar-refractivity contribution in [3.63, 3.8) is 0 Å². The fraction of sp³-hybridized carbons (Fsp3) is 0.222. The molecule has 3 nitrogen and oxygen atoms in total. The molecule has 70 valence electrons. The first kappa shape index (κ1) is 10.2. The van der Waals surface area contributed by atoms with Crippen molar-refractivity contribution in [1.29, 1.82) is 0 Å². The Morgan fingerprint density at radius 2 is 1.92 bits per heavy atom. The summed E-state index contributed by atoms with van der Waals surface area (Å²) >= 11 is 2.83. The molecule has 0 spiro atoms. The highest BCUT2D eigenvalue weighted by Crippen LogP contribution is 2.21. The maximum Gasteiger partial charge on any atom is 0.0967 e. The summed E-state index contributed by atoms with van der Waals surface area (Å²) in [4.78, 5) is 9.32. The topological polar surface area (TPSA) is 60.4 Å². The van der Waals surface area contributed by atoms with Crippen LogP contribution in [0, 0.1) is 0 Å². The number of alkyl halides is 1. The molecule has 1 N–H and O–H groups in total. The Kier molecular flexibility index (Phi) is 3.45. The maximum atomic E-state index is 10.4. The van der Waals surface area contributed by atoms with Crippen LogP contribution in [0.5, 0.6) is 0 Å². The second-order valence-electron chi connectivity index (χ2n) is 2.58. The average Bonchev–Trinajstić information content (AvgIpc) is 2.17. The zero-order valence-electron chi connectivity index (χ0n) is 6.68. The fourth-order valence-corrected chi connectivity index (χ4v) is 1.25. The largest absolute Gasteiger partial charge is 0.549 e. The summed E-state index contributed by atoms with van der Waals surface area (Å²) in [6.07, 6.45) is -1.08. The normalized spacial score (nSPS) is 14.9. The van der Waals surface area contributed by atoms with Crippen LogP contribution in [0.1, 0.15) is 11.7 Å². The fourth-order valence-electron chi connectivity index (χ4n) is 0.948. The molecule has 0 aromatic heterocycles. The lowest BCUT2D eigenvalue weighted by Crippen LogP contribution is -2.35. The van der Waals surface area contributed by atoms with Crippen LogP contribution in [-0.4, -0.2) is 15.9 Å². The van der Waals surface area contributed by atoms with E-state index >= 15 is 0 Å². The minimum Gasteiger partial charge on any atom is -0.549 e. The molecule has 0 amide bonds. The minimum absolute atomic E-state index is 0.550. The number of hydrogen-bond donors (Lipinski definition) is 1. The molecule has 0 radical (unpaired) electrons. The van der Waals surface area contributed by atoms with Gasteiger partial charge >= 0.3 is 0 Å². The molecular formula is C9H8BrO3-. The van der Waals surface area contributed by atoms with E-state index in [0.29, 0.717) is 5.56 Å². The van der Waals surface area contributed by atoms with Crippen molar-refractivity contribution < 1.29 is 15.0 Å². The van der Waals surface area contributed by atoms with Crippen LogP contribution in [0.25, 0.3) is 0 Å². The summed E-state index contributed by atoms with van der Waals surface area (Å²) in [5.41, 5.74) is 0.550. The van der Waals surface area contributed by atoms with Gasteiger partial charge in [0.25, 0.3) is 0 Å². The summed E-state index contributed by atoms with van der Waals surface area (Å²) in [5, 5.41) is 19.9. The van der Waals surface area contributed by atoms with Gasteiger partial charge in [0.15, 0.2) is 0 Å². The summed E-state index contributed by atoms with van der Waals surface area (Å²) < 4.78 is 0. The number of aliphatic hydroxyl groups excluding tert-OH is 1. The number of carboxylic acids is 1. The Hall–Kier alpha value is -0.870. The van der Waals surface area contributed by atoms with E-state index in [-0.39, 0.29) is 0 Å². The van der Waals surface area contributed by atoms with Crippen LogP contribution in [0.3, 0.4) is 0 Å². The molecule has 0 aliphatic rings. The lowest BCUT2D eigenvalue weighted by Gasteiger charge is -2.17. The molecule has 4 heteroatoms. The molecule has 1 aromatic carbocycles. The maximum absolute atomic E-state index is 10.4. The van der Waals surface area contributed by atoms with E-state index in [2.05, 4.69) is 15.9 Å². The van der Waals surface area contributed by atoms with E-state index < -0.39 is 16.9 Å². The molecule has 0 saturated heterocycles. The van der Waals surface area contributed by atoms with E-state index in [9.17, 15) is 15.0 Å². The molecule has 0 aliphatic heterocycles. The highest BCUT2D eigenvalue weighted by Gasteiger charge is 2.18. The van der Waals surface area contributed by atoms with E-state index in [1.807, 2.05) is 0 Å². The minimum atomic E-state index is -1.32. The van der Waals surface area contributed by atoms with Gasteiger partial charge in [0.2, 0.25) is 0 Å². The number of carbonyl (C=O) groups is 1. The molecule has 0 heterocycles. The van der Waals surface area contributed by atoms with Gasteiger partial charge in [-0.3, -0.25) is 0 Å². The first-order valence-electron chi connectivity index (χ1n) is 3.71. The highest BCUT2D eigenvalue weighted by atomic mass is 79.9. The number of aliphatic carboxylic acids is 1. The lowest BCUT2D eigenvalue weighted by molar-refractivity contribution is -0.306. The Morgan fingerprint density at radius 3 is 2.38 bits per heavy atom. The first-order chi connectivity index (χ1) is 6.13. The highest BCUT2D eigenvalue weighted by molar-refractivity contribution is 9.10. The van der Waals surface area contributed by atoms with Crippen molar-refractivity contribution in [2.75, 3.05) is 0 Å². The van der Waals surface area contributed by atoms with E-state index in [1.165, 1.54) is 0 Å². The van der Waals surface area contributed by atoms with Crippen LogP contribution < -0.4 is 5.11 Å². The monoisotopic (exact) mass is 243 g/mol. The van der Waals surface area contributed by atoms with Gasteiger partial charge in [-0.25, -0.2) is 0 Å². The first-order valence-corrected chi connectivity index (χ1v) is 4.62. The van der Waals surface area contributed by atoms with E-state index in [1.54, 1.807) is 30.3 Å². The number of aliphatic hydroxyl groups is 1. The van der Waals surface area contributed by atoms with Crippen LogP contribution >= 0.6 is 15.9 Å². The third-order valence-corrected chi connectivity index (χ3v) is 2.52. The van der Waals surface area contributed by atoms with E-state index in [0.717, 1.165) is 0 Å². The number of carboxylic acid groups (broad SMARTS) is 1. The van der Waals surface area contributed by atoms with Gasteiger partial charge in [0.05, 0.1) is 16.9 Å². The number of carbonyl (C=O) groups excluding carboxylic acids is 1. The zero-order valence-corrected chi connectivity index (χ0v) is 8.27. The number of halogens is 1. The molecule has 1 aromatic rings. The SMILES string of the molecule is O=C([O-])C(Br)C(O)c1ccccc1. The van der Waals surface area contributed by atoms with Crippen molar-refractivity contribution in [2.45, 2.75) is 10.9 Å². The molecule has 0 aliphatic carbocycles. The molecule has 13 heavy (non-hydrogen) atoms. The Labute approximate surface area is 84.1 Å². The summed E-state index contributed by atoms with van der Waals surface area (Å²) in [6.45, 7) is 0. The van der Waals surface area contributed by atoms with Gasteiger partial charge in [-0.1, -0.05) is 46.3 Å². The zero-order chi connectivity index (χ0) is 9.84. The van der Waals surface area contributed by atoms with Crippen molar-refractivity contribution in [3.05, 3.63) is 35.9 Å². The van der Waals surface area contributed by atoms with Gasteiger partial charge in [0, 0.05) is 0 Å².